The number of benzene rings is 4. The lowest BCUT2D eigenvalue weighted by Crippen LogP contribution is -2.41. The highest BCUT2D eigenvalue weighted by Crippen LogP contribution is 2.35. The van der Waals surface area contributed by atoms with Crippen molar-refractivity contribution in [3.05, 3.63) is 119 Å². The Morgan fingerprint density at radius 2 is 1.62 bits per heavy atom. The first-order valence-electron chi connectivity index (χ1n) is 12.1. The van der Waals surface area contributed by atoms with E-state index in [2.05, 4.69) is 10.2 Å². The van der Waals surface area contributed by atoms with Crippen LogP contribution in [-0.4, -0.2) is 26.8 Å². The number of halogens is 1. The predicted octanol–water partition coefficient (Wildman–Crippen LogP) is 4.98. The molecule has 4 aromatic carbocycles. The zero-order valence-electron chi connectivity index (χ0n) is 21.4. The van der Waals surface area contributed by atoms with Gasteiger partial charge in [0.2, 0.25) is 5.91 Å². The third-order valence-corrected chi connectivity index (χ3v) is 8.15. The number of nitrogens with zero attached hydrogens (tertiary/aromatic N) is 1. The van der Waals surface area contributed by atoms with Gasteiger partial charge in [-0.25, -0.2) is 13.2 Å². The maximum atomic E-state index is 14.1. The normalized spacial score (nSPS) is 11.0. The molecule has 0 bridgehead atoms. The fourth-order valence-electron chi connectivity index (χ4n) is 3.91. The van der Waals surface area contributed by atoms with Gasteiger partial charge in [-0.3, -0.25) is 9.10 Å². The second-order valence-electron chi connectivity index (χ2n) is 8.64. The average molecular weight is 580 g/mol. The van der Waals surface area contributed by atoms with Crippen molar-refractivity contribution in [2.45, 2.75) is 18.4 Å². The zero-order valence-corrected chi connectivity index (χ0v) is 23.0. The summed E-state index contributed by atoms with van der Waals surface area (Å²) in [7, 11) is -4.33. The zero-order chi connectivity index (χ0) is 28.7. The van der Waals surface area contributed by atoms with Gasteiger partial charge in [-0.2, -0.15) is 5.90 Å². The first kappa shape index (κ1) is 28.6. The average Bonchev–Trinajstić information content (AvgIpc) is 2.97. The standard InChI is InChI=1S/C29H26ClN3O6S/c1-20-24(30)13-8-14-25(20)33(19-28(34)32-18-21-9-7-10-22(17-21)29(35)39-31)40(36,37)27-16-6-5-15-26(27)38-23-11-3-2-4-12-23/h2-17H,18-19,31H2,1H3,(H,32,34). The predicted molar refractivity (Wildman–Crippen MR) is 152 cm³/mol. The first-order chi connectivity index (χ1) is 19.2. The molecule has 4 aromatic rings. The number of sulfonamides is 1. The van der Waals surface area contributed by atoms with Gasteiger partial charge in [0.15, 0.2) is 0 Å². The Balaban J connectivity index is 1.65. The molecule has 0 saturated carbocycles. The molecule has 0 fully saturated rings. The third kappa shape index (κ3) is 6.60. The van der Waals surface area contributed by atoms with E-state index in [1.807, 2.05) is 6.07 Å². The molecule has 0 aliphatic heterocycles. The topological polar surface area (TPSA) is 128 Å². The molecule has 0 spiro atoms. The van der Waals surface area contributed by atoms with Gasteiger partial charge in [-0.05, 0) is 66.6 Å². The van der Waals surface area contributed by atoms with Crippen LogP contribution in [0.15, 0.2) is 102 Å². The summed E-state index contributed by atoms with van der Waals surface area (Å²) in [5.41, 5.74) is 1.52. The van der Waals surface area contributed by atoms with Gasteiger partial charge < -0.3 is 14.9 Å². The van der Waals surface area contributed by atoms with Crippen LogP contribution in [0.25, 0.3) is 0 Å². The van der Waals surface area contributed by atoms with Crippen LogP contribution in [0, 0.1) is 6.92 Å². The van der Waals surface area contributed by atoms with Crippen LogP contribution in [0.5, 0.6) is 11.5 Å². The SMILES string of the molecule is Cc1c(Cl)cccc1N(CC(=O)NCc1cccc(C(=O)ON)c1)S(=O)(=O)c1ccccc1Oc1ccccc1. The molecule has 0 unspecified atom stereocenters. The number of carbonyl (C=O) groups excluding carboxylic acids is 2. The molecule has 0 aliphatic rings. The highest BCUT2D eigenvalue weighted by Gasteiger charge is 2.31. The summed E-state index contributed by atoms with van der Waals surface area (Å²) in [6, 6.07) is 26.1. The monoisotopic (exact) mass is 579 g/mol. The number of nitrogens with two attached hydrogens (primary N) is 1. The highest BCUT2D eigenvalue weighted by atomic mass is 35.5. The second-order valence-corrected chi connectivity index (χ2v) is 10.9. The maximum absolute atomic E-state index is 14.1. The summed E-state index contributed by atoms with van der Waals surface area (Å²) >= 11 is 6.33. The first-order valence-corrected chi connectivity index (χ1v) is 13.9. The van der Waals surface area contributed by atoms with E-state index in [4.69, 9.17) is 22.2 Å². The summed E-state index contributed by atoms with van der Waals surface area (Å²) in [6.07, 6.45) is 0. The molecule has 0 atom stereocenters. The van der Waals surface area contributed by atoms with Crippen molar-refractivity contribution < 1.29 is 27.6 Å². The lowest BCUT2D eigenvalue weighted by Gasteiger charge is -2.27. The molecule has 0 heterocycles. The van der Waals surface area contributed by atoms with Crippen molar-refractivity contribution in [1.29, 1.82) is 0 Å². The number of hydrogen-bond donors (Lipinski definition) is 2. The molecule has 11 heteroatoms. The van der Waals surface area contributed by atoms with Gasteiger partial charge in [0.05, 0.1) is 11.3 Å². The van der Waals surface area contributed by atoms with E-state index in [1.54, 1.807) is 79.7 Å². The van der Waals surface area contributed by atoms with Gasteiger partial charge in [0.25, 0.3) is 10.0 Å². The van der Waals surface area contributed by atoms with Gasteiger partial charge >= 0.3 is 5.97 Å². The summed E-state index contributed by atoms with van der Waals surface area (Å²) in [5, 5.41) is 3.05. The summed E-state index contributed by atoms with van der Waals surface area (Å²) in [6.45, 7) is 1.15. The molecule has 206 valence electrons. The Labute approximate surface area is 237 Å². The Kier molecular flexibility index (Phi) is 9.05. The van der Waals surface area contributed by atoms with Crippen LogP contribution >= 0.6 is 11.6 Å². The number of rotatable bonds is 10. The summed E-state index contributed by atoms with van der Waals surface area (Å²) in [5.74, 6) is 4.19. The van der Waals surface area contributed by atoms with E-state index in [-0.39, 0.29) is 28.4 Å². The number of hydrogen-bond acceptors (Lipinski definition) is 7. The Hall–Kier alpha value is -4.38. The molecule has 0 aromatic heterocycles. The van der Waals surface area contributed by atoms with Crippen molar-refractivity contribution in [1.82, 2.24) is 5.32 Å². The quantitative estimate of drug-likeness (QED) is 0.253. The van der Waals surface area contributed by atoms with E-state index < -0.39 is 28.4 Å². The molecule has 0 aliphatic carbocycles. The third-order valence-electron chi connectivity index (χ3n) is 5.94. The lowest BCUT2D eigenvalue weighted by atomic mass is 10.1. The van der Waals surface area contributed by atoms with E-state index >= 15 is 0 Å². The van der Waals surface area contributed by atoms with Crippen molar-refractivity contribution in [2.75, 3.05) is 10.8 Å². The van der Waals surface area contributed by atoms with Crippen LogP contribution in [0.2, 0.25) is 5.02 Å². The van der Waals surface area contributed by atoms with Gasteiger partial charge in [-0.15, -0.1) is 0 Å². The number of nitrogens with one attached hydrogen (secondary N) is 1. The largest absolute Gasteiger partial charge is 0.456 e. The van der Waals surface area contributed by atoms with E-state index in [9.17, 15) is 18.0 Å². The molecule has 1 amide bonds. The molecule has 0 radical (unpaired) electrons. The van der Waals surface area contributed by atoms with E-state index in [1.165, 1.54) is 18.2 Å². The Morgan fingerprint density at radius 1 is 0.925 bits per heavy atom. The van der Waals surface area contributed by atoms with Gasteiger partial charge in [0.1, 0.15) is 22.9 Å². The lowest BCUT2D eigenvalue weighted by molar-refractivity contribution is -0.119. The van der Waals surface area contributed by atoms with Crippen molar-refractivity contribution in [2.24, 2.45) is 5.90 Å². The molecule has 0 saturated heterocycles. The van der Waals surface area contributed by atoms with Crippen LogP contribution < -0.4 is 20.3 Å². The second kappa shape index (κ2) is 12.6. The summed E-state index contributed by atoms with van der Waals surface area (Å²) in [4.78, 5) is 29.0. The highest BCUT2D eigenvalue weighted by molar-refractivity contribution is 7.93. The Morgan fingerprint density at radius 3 is 2.38 bits per heavy atom. The number of carbonyl (C=O) groups is 2. The molecule has 4 rings (SSSR count). The Bertz CT molecular complexity index is 1630. The fourth-order valence-corrected chi connectivity index (χ4v) is 5.68. The van der Waals surface area contributed by atoms with Crippen LogP contribution in [-0.2, 0) is 26.2 Å². The molecule has 9 nitrogen and oxygen atoms in total. The van der Waals surface area contributed by atoms with E-state index in [0.717, 1.165) is 4.31 Å². The number of amides is 1. The minimum Gasteiger partial charge on any atom is -0.456 e. The molecular weight excluding hydrogens is 554 g/mol. The fraction of sp³-hybridized carbons (Fsp3) is 0.103. The van der Waals surface area contributed by atoms with Crippen LogP contribution in [0.1, 0.15) is 21.5 Å². The van der Waals surface area contributed by atoms with Gasteiger partial charge in [0, 0.05) is 11.6 Å². The van der Waals surface area contributed by atoms with E-state index in [0.29, 0.717) is 21.9 Å². The van der Waals surface area contributed by atoms with Crippen molar-refractivity contribution in [3.63, 3.8) is 0 Å². The van der Waals surface area contributed by atoms with Crippen LogP contribution in [0.3, 0.4) is 0 Å². The summed E-state index contributed by atoms with van der Waals surface area (Å²) < 4.78 is 35.2. The smallest absolute Gasteiger partial charge is 0.356 e. The van der Waals surface area contributed by atoms with Crippen molar-refractivity contribution in [3.8, 4) is 11.5 Å². The molecule has 3 N–H and O–H groups in total. The van der Waals surface area contributed by atoms with Crippen molar-refractivity contribution >= 4 is 39.2 Å². The molecule has 40 heavy (non-hydrogen) atoms. The number of ether oxygens (including phenoxy) is 1. The van der Waals surface area contributed by atoms with Crippen LogP contribution in [0.4, 0.5) is 5.69 Å². The minimum atomic E-state index is -4.33. The molecular formula is C29H26ClN3O6S. The number of anilines is 1. The van der Waals surface area contributed by atoms with Gasteiger partial charge in [-0.1, -0.05) is 60.1 Å². The maximum Gasteiger partial charge on any atom is 0.356 e. The minimum absolute atomic E-state index is 0.0284. The number of para-hydroxylation sites is 2.